The van der Waals surface area contributed by atoms with E-state index in [1.165, 1.54) is 0 Å². The van der Waals surface area contributed by atoms with Crippen molar-refractivity contribution in [2.75, 3.05) is 0 Å². The van der Waals surface area contributed by atoms with Gasteiger partial charge in [-0.1, -0.05) is 54.4 Å². The lowest BCUT2D eigenvalue weighted by Gasteiger charge is -2.30. The van der Waals surface area contributed by atoms with Gasteiger partial charge in [0.25, 0.3) is 5.60 Å². The Kier molecular flexibility index (Phi) is 6.93. The molecule has 35 heavy (non-hydrogen) atoms. The Balaban J connectivity index is 1.55. The molecule has 2 aliphatic heterocycles. The number of oxime groups is 1. The van der Waals surface area contributed by atoms with E-state index in [-0.39, 0.29) is 11.9 Å². The van der Waals surface area contributed by atoms with Gasteiger partial charge in [-0.3, -0.25) is 4.98 Å². The molecular weight excluding hydrogens is 527 g/mol. The quantitative estimate of drug-likeness (QED) is 0.274. The third kappa shape index (κ3) is 4.80. The third-order valence-corrected chi connectivity index (χ3v) is 7.26. The Hall–Kier alpha value is -2.17. The predicted octanol–water partition coefficient (Wildman–Crippen LogP) is 6.34. The largest absolute Gasteiger partial charge is 0.435 e. The molecule has 1 aromatic carbocycles. The van der Waals surface area contributed by atoms with Crippen molar-refractivity contribution in [1.29, 1.82) is 0 Å². The van der Waals surface area contributed by atoms with Gasteiger partial charge < -0.3 is 15.1 Å². The topological polar surface area (TPSA) is 49.8 Å². The molecule has 2 unspecified atom stereocenters. The lowest BCUT2D eigenvalue weighted by atomic mass is 9.89. The van der Waals surface area contributed by atoms with E-state index in [9.17, 15) is 17.6 Å². The first-order chi connectivity index (χ1) is 16.3. The summed E-state index contributed by atoms with van der Waals surface area (Å²) in [6.45, 7) is 6.81. The summed E-state index contributed by atoms with van der Waals surface area (Å²) in [7, 11) is 0. The Labute approximate surface area is 215 Å². The Morgan fingerprint density at radius 3 is 2.37 bits per heavy atom. The number of amidine groups is 1. The molecule has 1 N–H and O–H groups in total. The molecule has 0 saturated heterocycles. The SMILES string of the molecule is CC(C)C(C)NC(=S)c1cc2c(cn1)CN(C1=NOC(c3cc(Cl)c(F)c(Cl)c3)(C(F)(F)F)C1)C2. The fourth-order valence-electron chi connectivity index (χ4n) is 3.88. The molecule has 2 aromatic rings. The summed E-state index contributed by atoms with van der Waals surface area (Å²) < 4.78 is 56.6. The van der Waals surface area contributed by atoms with Crippen LogP contribution in [0.25, 0.3) is 0 Å². The minimum absolute atomic E-state index is 0.103. The molecular formula is C23H22Cl2F4N4OS. The minimum Gasteiger partial charge on any atom is -0.372 e. The highest BCUT2D eigenvalue weighted by atomic mass is 35.5. The first kappa shape index (κ1) is 25.9. The molecule has 2 aliphatic rings. The Morgan fingerprint density at radius 1 is 1.14 bits per heavy atom. The van der Waals surface area contributed by atoms with Crippen LogP contribution in [0.15, 0.2) is 29.6 Å². The van der Waals surface area contributed by atoms with Crippen LogP contribution in [0.2, 0.25) is 10.0 Å². The minimum atomic E-state index is -4.87. The highest BCUT2D eigenvalue weighted by molar-refractivity contribution is 7.80. The number of thiocarbonyl (C=S) groups is 1. The maximum Gasteiger partial charge on any atom is 0.435 e. The molecule has 12 heteroatoms. The van der Waals surface area contributed by atoms with E-state index in [1.807, 2.05) is 13.0 Å². The fourth-order valence-corrected chi connectivity index (χ4v) is 4.67. The Bertz CT molecular complexity index is 1180. The molecule has 3 heterocycles. The molecule has 0 spiro atoms. The van der Waals surface area contributed by atoms with Crippen LogP contribution in [0, 0.1) is 11.7 Å². The number of rotatable bonds is 4. The van der Waals surface area contributed by atoms with E-state index < -0.39 is 39.6 Å². The second-order valence-electron chi connectivity index (χ2n) is 9.05. The van der Waals surface area contributed by atoms with Gasteiger partial charge in [0, 0.05) is 30.9 Å². The van der Waals surface area contributed by atoms with E-state index in [4.69, 9.17) is 40.3 Å². The zero-order chi connectivity index (χ0) is 25.7. The van der Waals surface area contributed by atoms with Crippen LogP contribution in [0.3, 0.4) is 0 Å². The summed E-state index contributed by atoms with van der Waals surface area (Å²) in [5.74, 6) is -0.522. The number of nitrogens with one attached hydrogen (secondary N) is 1. The molecule has 0 fully saturated rings. The molecule has 0 radical (unpaired) electrons. The normalized spacial score (nSPS) is 20.5. The zero-order valence-electron chi connectivity index (χ0n) is 19.0. The lowest BCUT2D eigenvalue weighted by Crippen LogP contribution is -2.44. The van der Waals surface area contributed by atoms with Crippen molar-refractivity contribution in [3.8, 4) is 0 Å². The van der Waals surface area contributed by atoms with Gasteiger partial charge in [0.2, 0.25) is 0 Å². The average Bonchev–Trinajstić information content (AvgIpc) is 3.41. The summed E-state index contributed by atoms with van der Waals surface area (Å²) in [6.07, 6.45) is -3.81. The Morgan fingerprint density at radius 2 is 1.77 bits per heavy atom. The molecule has 2 atom stereocenters. The predicted molar refractivity (Wildman–Crippen MR) is 130 cm³/mol. The van der Waals surface area contributed by atoms with Gasteiger partial charge in [0.05, 0.1) is 22.2 Å². The number of aromatic nitrogens is 1. The van der Waals surface area contributed by atoms with Crippen molar-refractivity contribution in [2.45, 2.75) is 58.1 Å². The number of pyridine rings is 1. The average molecular weight is 549 g/mol. The summed E-state index contributed by atoms with van der Waals surface area (Å²) in [6, 6.07) is 3.74. The summed E-state index contributed by atoms with van der Waals surface area (Å²) in [5, 5.41) is 5.97. The van der Waals surface area contributed by atoms with Gasteiger partial charge in [0.15, 0.2) is 5.82 Å². The zero-order valence-corrected chi connectivity index (χ0v) is 21.3. The molecule has 0 aliphatic carbocycles. The van der Waals surface area contributed by atoms with Gasteiger partial charge in [-0.2, -0.15) is 13.2 Å². The first-order valence-electron chi connectivity index (χ1n) is 10.8. The highest BCUT2D eigenvalue weighted by Crippen LogP contribution is 2.50. The summed E-state index contributed by atoms with van der Waals surface area (Å²) in [5.41, 5.74) is -0.917. The van der Waals surface area contributed by atoms with Gasteiger partial charge in [-0.25, -0.2) is 4.39 Å². The number of benzene rings is 1. The molecule has 0 amide bonds. The van der Waals surface area contributed by atoms with Gasteiger partial charge in [-0.05, 0) is 42.2 Å². The number of halogens is 6. The summed E-state index contributed by atoms with van der Waals surface area (Å²) >= 11 is 17.0. The van der Waals surface area contributed by atoms with E-state index >= 15 is 0 Å². The summed E-state index contributed by atoms with van der Waals surface area (Å²) in [4.78, 5) is 11.6. The van der Waals surface area contributed by atoms with E-state index in [0.717, 1.165) is 23.3 Å². The van der Waals surface area contributed by atoms with Gasteiger partial charge in [0.1, 0.15) is 10.8 Å². The van der Waals surface area contributed by atoms with Crippen molar-refractivity contribution in [3.63, 3.8) is 0 Å². The number of hydrogen-bond acceptors (Lipinski definition) is 5. The number of hydrogen-bond donors (Lipinski definition) is 1. The number of alkyl halides is 3. The van der Waals surface area contributed by atoms with Gasteiger partial charge >= 0.3 is 6.18 Å². The lowest BCUT2D eigenvalue weighted by molar-refractivity contribution is -0.275. The second kappa shape index (κ2) is 9.37. The molecule has 0 bridgehead atoms. The van der Waals surface area contributed by atoms with E-state index in [2.05, 4.69) is 29.3 Å². The van der Waals surface area contributed by atoms with E-state index in [0.29, 0.717) is 29.7 Å². The molecule has 5 nitrogen and oxygen atoms in total. The van der Waals surface area contributed by atoms with Crippen LogP contribution in [0.4, 0.5) is 17.6 Å². The molecule has 0 saturated carbocycles. The van der Waals surface area contributed by atoms with Crippen LogP contribution in [-0.2, 0) is 23.5 Å². The van der Waals surface area contributed by atoms with Crippen LogP contribution < -0.4 is 5.32 Å². The maximum atomic E-state index is 14.3. The second-order valence-corrected chi connectivity index (χ2v) is 10.3. The van der Waals surface area contributed by atoms with Crippen LogP contribution in [-0.4, -0.2) is 32.9 Å². The van der Waals surface area contributed by atoms with Crippen molar-refractivity contribution >= 4 is 46.2 Å². The monoisotopic (exact) mass is 548 g/mol. The molecule has 1 aromatic heterocycles. The maximum absolute atomic E-state index is 14.3. The van der Waals surface area contributed by atoms with Crippen LogP contribution in [0.5, 0.6) is 0 Å². The number of fused-ring (bicyclic) bond motifs is 1. The molecule has 188 valence electrons. The third-order valence-electron chi connectivity index (χ3n) is 6.38. The van der Waals surface area contributed by atoms with E-state index in [1.54, 1.807) is 11.1 Å². The highest BCUT2D eigenvalue weighted by Gasteiger charge is 2.63. The van der Waals surface area contributed by atoms with Crippen molar-refractivity contribution < 1.29 is 22.4 Å². The van der Waals surface area contributed by atoms with Gasteiger partial charge in [-0.15, -0.1) is 0 Å². The van der Waals surface area contributed by atoms with Crippen molar-refractivity contribution in [1.82, 2.24) is 15.2 Å². The van der Waals surface area contributed by atoms with Crippen molar-refractivity contribution in [2.24, 2.45) is 11.1 Å². The van der Waals surface area contributed by atoms with Crippen molar-refractivity contribution in [3.05, 3.63) is 62.6 Å². The van der Waals surface area contributed by atoms with Crippen LogP contribution >= 0.6 is 35.4 Å². The molecule has 4 rings (SSSR count). The van der Waals surface area contributed by atoms with Crippen LogP contribution in [0.1, 0.15) is 49.6 Å². The number of nitrogens with zero attached hydrogens (tertiary/aromatic N) is 3. The first-order valence-corrected chi connectivity index (χ1v) is 12.0. The standard InChI is InChI=1S/C23H22Cl2F4N4OS/c1-11(2)12(3)31-21(35)18-4-13-9-33(10-14(13)8-30-18)19-7-22(34-32-19,23(27,28)29)15-5-16(24)20(26)17(25)6-15/h4-6,8,11-12H,7,9-10H2,1-3H3,(H,31,35). The smallest absolute Gasteiger partial charge is 0.372 e. The fraction of sp³-hybridized carbons (Fsp3) is 0.435.